The zero-order valence-electron chi connectivity index (χ0n) is 17.4. The molecule has 0 aliphatic carbocycles. The summed E-state index contributed by atoms with van der Waals surface area (Å²) < 4.78 is 7.56. The van der Waals surface area contributed by atoms with Gasteiger partial charge in [0, 0.05) is 32.2 Å². The molecule has 1 unspecified atom stereocenters. The summed E-state index contributed by atoms with van der Waals surface area (Å²) >= 11 is 0. The average Bonchev–Trinajstić information content (AvgIpc) is 3.31. The predicted octanol–water partition coefficient (Wildman–Crippen LogP) is 1.79. The number of benzene rings is 1. The fourth-order valence-corrected chi connectivity index (χ4v) is 3.45. The van der Waals surface area contributed by atoms with Crippen molar-refractivity contribution >= 4 is 11.7 Å². The van der Waals surface area contributed by atoms with E-state index in [0.29, 0.717) is 32.0 Å². The van der Waals surface area contributed by atoms with Crippen LogP contribution in [0.15, 0.2) is 43.2 Å². The Hall–Kier alpha value is -3.49. The van der Waals surface area contributed by atoms with Crippen LogP contribution in [0.4, 0.5) is 5.82 Å². The van der Waals surface area contributed by atoms with Gasteiger partial charge in [0.05, 0.1) is 0 Å². The third-order valence-electron chi connectivity index (χ3n) is 5.20. The second-order valence-electron chi connectivity index (χ2n) is 7.42. The maximum Gasteiger partial charge on any atom is 0.263 e. The molecule has 1 fully saturated rings. The molecule has 0 spiro atoms. The molecule has 1 aliphatic heterocycles. The van der Waals surface area contributed by atoms with Gasteiger partial charge in [-0.15, -0.1) is 0 Å². The smallest absolute Gasteiger partial charge is 0.263 e. The van der Waals surface area contributed by atoms with Gasteiger partial charge in [-0.1, -0.05) is 12.1 Å². The Morgan fingerprint density at radius 1 is 1.03 bits per heavy atom. The van der Waals surface area contributed by atoms with E-state index < -0.39 is 6.10 Å². The van der Waals surface area contributed by atoms with Crippen LogP contribution in [0.2, 0.25) is 0 Å². The lowest BCUT2D eigenvalue weighted by atomic mass is 10.1. The molecule has 1 aromatic carbocycles. The van der Waals surface area contributed by atoms with E-state index in [-0.39, 0.29) is 5.91 Å². The van der Waals surface area contributed by atoms with Crippen LogP contribution in [0.3, 0.4) is 0 Å². The zero-order chi connectivity index (χ0) is 21.1. The molecular weight excluding hydrogens is 382 g/mol. The van der Waals surface area contributed by atoms with Gasteiger partial charge < -0.3 is 14.5 Å². The molecule has 3 aromatic rings. The quantitative estimate of drug-likeness (QED) is 0.637. The molecule has 1 atom stereocenters. The third kappa shape index (κ3) is 4.24. The number of rotatable bonds is 5. The number of amides is 1. The minimum atomic E-state index is -0.532. The number of piperazine rings is 1. The molecule has 30 heavy (non-hydrogen) atoms. The second-order valence-corrected chi connectivity index (χ2v) is 7.42. The van der Waals surface area contributed by atoms with E-state index in [1.807, 2.05) is 49.9 Å². The average molecular weight is 407 g/mol. The van der Waals surface area contributed by atoms with Crippen LogP contribution in [-0.2, 0) is 4.79 Å². The van der Waals surface area contributed by atoms with Crippen LogP contribution < -0.4 is 9.64 Å². The molecule has 1 aliphatic rings. The Kier molecular flexibility index (Phi) is 5.60. The number of hydrogen-bond acceptors (Lipinski definition) is 7. The summed E-state index contributed by atoms with van der Waals surface area (Å²) in [7, 11) is 0. The summed E-state index contributed by atoms with van der Waals surface area (Å²) in [6.07, 6.45) is 4.05. The summed E-state index contributed by atoms with van der Waals surface area (Å²) in [6, 6.07) is 7.89. The van der Waals surface area contributed by atoms with E-state index in [2.05, 4.69) is 25.0 Å². The fraction of sp³-hybridized carbons (Fsp3) is 0.381. The van der Waals surface area contributed by atoms with Crippen molar-refractivity contribution in [2.75, 3.05) is 31.1 Å². The molecule has 0 N–H and O–H groups in total. The largest absolute Gasteiger partial charge is 0.481 e. The van der Waals surface area contributed by atoms with Crippen molar-refractivity contribution in [1.29, 1.82) is 0 Å². The van der Waals surface area contributed by atoms with E-state index in [1.54, 1.807) is 11.0 Å². The van der Waals surface area contributed by atoms with Crippen molar-refractivity contribution in [3.05, 3.63) is 54.4 Å². The van der Waals surface area contributed by atoms with Crippen molar-refractivity contribution in [3.8, 4) is 11.6 Å². The highest BCUT2D eigenvalue weighted by Crippen LogP contribution is 2.22. The lowest BCUT2D eigenvalue weighted by Crippen LogP contribution is -2.52. The van der Waals surface area contributed by atoms with Gasteiger partial charge in [-0.25, -0.2) is 19.6 Å². The minimum Gasteiger partial charge on any atom is -0.481 e. The van der Waals surface area contributed by atoms with Crippen molar-refractivity contribution < 1.29 is 9.53 Å². The third-order valence-corrected chi connectivity index (χ3v) is 5.20. The van der Waals surface area contributed by atoms with E-state index >= 15 is 0 Å². The number of nitrogens with zero attached hydrogens (tertiary/aromatic N) is 7. The first-order valence-corrected chi connectivity index (χ1v) is 9.96. The normalized spacial score (nSPS) is 15.2. The molecule has 156 valence electrons. The number of ether oxygens (including phenoxy) is 1. The monoisotopic (exact) mass is 407 g/mol. The maximum atomic E-state index is 12.9. The SMILES string of the molecule is Cc1ccc(C)c(OC(C)C(=O)N2CCN(c3cc(-n4cncn4)ncn3)CC2)c1. The van der Waals surface area contributed by atoms with Crippen LogP contribution in [-0.4, -0.2) is 67.8 Å². The van der Waals surface area contributed by atoms with Crippen molar-refractivity contribution in [2.45, 2.75) is 26.9 Å². The van der Waals surface area contributed by atoms with Crippen molar-refractivity contribution in [2.24, 2.45) is 0 Å². The Bertz CT molecular complexity index is 1010. The number of carbonyl (C=O) groups is 1. The van der Waals surface area contributed by atoms with E-state index in [0.717, 1.165) is 22.7 Å². The molecule has 0 bridgehead atoms. The Morgan fingerprint density at radius 2 is 1.80 bits per heavy atom. The molecule has 2 aromatic heterocycles. The van der Waals surface area contributed by atoms with E-state index in [9.17, 15) is 4.79 Å². The summed E-state index contributed by atoms with van der Waals surface area (Å²) in [4.78, 5) is 29.4. The second kappa shape index (κ2) is 8.48. The molecule has 9 nitrogen and oxygen atoms in total. The van der Waals surface area contributed by atoms with Gasteiger partial charge in [-0.3, -0.25) is 4.79 Å². The Morgan fingerprint density at radius 3 is 2.53 bits per heavy atom. The minimum absolute atomic E-state index is 0.00143. The number of anilines is 1. The summed E-state index contributed by atoms with van der Waals surface area (Å²) in [5.74, 6) is 2.23. The van der Waals surface area contributed by atoms with Gasteiger partial charge in [0.15, 0.2) is 11.9 Å². The van der Waals surface area contributed by atoms with Crippen LogP contribution in [0, 0.1) is 13.8 Å². The first kappa shape index (κ1) is 19.8. The molecule has 0 radical (unpaired) electrons. The number of aryl methyl sites for hydroxylation is 2. The predicted molar refractivity (Wildman–Crippen MR) is 112 cm³/mol. The number of aromatic nitrogens is 5. The van der Waals surface area contributed by atoms with Gasteiger partial charge in [0.1, 0.15) is 30.5 Å². The topological polar surface area (TPSA) is 89.3 Å². The number of hydrogen-bond donors (Lipinski definition) is 0. The highest BCUT2D eigenvalue weighted by atomic mass is 16.5. The van der Waals surface area contributed by atoms with Crippen molar-refractivity contribution in [3.63, 3.8) is 0 Å². The zero-order valence-corrected chi connectivity index (χ0v) is 17.4. The standard InChI is InChI=1S/C21H25N7O2/c1-15-4-5-16(2)18(10-15)30-17(3)21(29)27-8-6-26(7-9-27)19-11-20(24-13-23-19)28-14-22-12-25-28/h4-5,10-14,17H,6-9H2,1-3H3. The molecular formula is C21H25N7O2. The van der Waals surface area contributed by atoms with Gasteiger partial charge in [-0.2, -0.15) is 5.10 Å². The first-order chi connectivity index (χ1) is 14.5. The number of carbonyl (C=O) groups excluding carboxylic acids is 1. The van der Waals surface area contributed by atoms with Gasteiger partial charge >= 0.3 is 0 Å². The summed E-state index contributed by atoms with van der Waals surface area (Å²) in [5, 5.41) is 4.10. The van der Waals surface area contributed by atoms with Crippen LogP contribution in [0.1, 0.15) is 18.1 Å². The van der Waals surface area contributed by atoms with Crippen LogP contribution >= 0.6 is 0 Å². The lowest BCUT2D eigenvalue weighted by molar-refractivity contribution is -0.138. The molecule has 3 heterocycles. The summed E-state index contributed by atoms with van der Waals surface area (Å²) in [5.41, 5.74) is 2.14. The van der Waals surface area contributed by atoms with Gasteiger partial charge in [0.25, 0.3) is 5.91 Å². The van der Waals surface area contributed by atoms with Crippen molar-refractivity contribution in [1.82, 2.24) is 29.6 Å². The molecule has 0 saturated carbocycles. The fourth-order valence-electron chi connectivity index (χ4n) is 3.45. The first-order valence-electron chi connectivity index (χ1n) is 9.96. The van der Waals surface area contributed by atoms with Crippen LogP contribution in [0.5, 0.6) is 5.75 Å². The highest BCUT2D eigenvalue weighted by molar-refractivity contribution is 5.81. The lowest BCUT2D eigenvalue weighted by Gasteiger charge is -2.36. The van der Waals surface area contributed by atoms with Gasteiger partial charge in [0.2, 0.25) is 0 Å². The van der Waals surface area contributed by atoms with E-state index in [1.165, 1.54) is 12.7 Å². The summed E-state index contributed by atoms with van der Waals surface area (Å²) in [6.45, 7) is 8.42. The van der Waals surface area contributed by atoms with E-state index in [4.69, 9.17) is 4.74 Å². The molecule has 9 heteroatoms. The Labute approximate surface area is 175 Å². The van der Waals surface area contributed by atoms with Gasteiger partial charge in [-0.05, 0) is 38.0 Å². The Balaban J connectivity index is 1.36. The maximum absolute atomic E-state index is 12.9. The highest BCUT2D eigenvalue weighted by Gasteiger charge is 2.27. The molecule has 4 rings (SSSR count). The van der Waals surface area contributed by atoms with Crippen LogP contribution in [0.25, 0.3) is 5.82 Å². The molecule has 1 saturated heterocycles. The molecule has 1 amide bonds.